The predicted octanol–water partition coefficient (Wildman–Crippen LogP) is 8.83. The van der Waals surface area contributed by atoms with E-state index in [9.17, 15) is 13.2 Å². The Labute approximate surface area is 212 Å². The van der Waals surface area contributed by atoms with Crippen molar-refractivity contribution in [2.24, 2.45) is 0 Å². The number of aryl methyl sites for hydroxylation is 1. The van der Waals surface area contributed by atoms with E-state index in [-0.39, 0.29) is 0 Å². The Kier molecular flexibility index (Phi) is 14.3. The second kappa shape index (κ2) is 15.8. The lowest BCUT2D eigenvalue weighted by Crippen LogP contribution is -2.21. The van der Waals surface area contributed by atoms with E-state index in [1.54, 1.807) is 0 Å². The molecule has 0 aliphatic rings. The van der Waals surface area contributed by atoms with E-state index >= 15 is 0 Å². The summed E-state index contributed by atoms with van der Waals surface area (Å²) in [7, 11) is -5.84. The zero-order valence-corrected chi connectivity index (χ0v) is 22.3. The second-order valence-corrected chi connectivity index (χ2v) is 11.0. The van der Waals surface area contributed by atoms with Crippen LogP contribution in [-0.4, -0.2) is 24.2 Å². The molecule has 0 aromatic heterocycles. The molecular formula is C25H35F3O3S3. The zero-order valence-electron chi connectivity index (χ0n) is 19.8. The fourth-order valence-electron chi connectivity index (χ4n) is 3.31. The van der Waals surface area contributed by atoms with Crippen LogP contribution in [0.15, 0.2) is 52.3 Å². The summed E-state index contributed by atoms with van der Waals surface area (Å²) in [5, 5.41) is 0. The molecule has 0 spiro atoms. The largest absolute Gasteiger partial charge is 0.522 e. The second-order valence-electron chi connectivity index (χ2n) is 7.98. The van der Waals surface area contributed by atoms with Crippen molar-refractivity contribution in [3.05, 3.63) is 48.0 Å². The van der Waals surface area contributed by atoms with E-state index in [2.05, 4.69) is 56.3 Å². The molecule has 0 amide bonds. The molecule has 34 heavy (non-hydrogen) atoms. The Hall–Kier alpha value is -1.16. The maximum Gasteiger partial charge on any atom is 0.522 e. The Morgan fingerprint density at radius 2 is 1.44 bits per heavy atom. The smallest absolute Gasteiger partial charge is 0.279 e. The van der Waals surface area contributed by atoms with Crippen LogP contribution in [0.1, 0.15) is 70.8 Å². The van der Waals surface area contributed by atoms with Gasteiger partial charge in [0.15, 0.2) is 0 Å². The van der Waals surface area contributed by atoms with E-state index in [1.165, 1.54) is 78.7 Å². The number of alkyl halides is 3. The molecule has 1 N–H and O–H groups in total. The van der Waals surface area contributed by atoms with Gasteiger partial charge in [-0.05, 0) is 59.9 Å². The van der Waals surface area contributed by atoms with Gasteiger partial charge >= 0.3 is 15.6 Å². The van der Waals surface area contributed by atoms with E-state index in [0.29, 0.717) is 0 Å². The molecule has 0 unspecified atom stereocenters. The molecule has 0 saturated carbocycles. The third kappa shape index (κ3) is 11.5. The summed E-state index contributed by atoms with van der Waals surface area (Å²) in [5.74, 6) is 1.23. The van der Waals surface area contributed by atoms with Crippen molar-refractivity contribution >= 4 is 34.5 Å². The molecule has 2 rings (SSSR count). The number of halogens is 3. The number of benzene rings is 2. The monoisotopic (exact) mass is 536 g/mol. The summed E-state index contributed by atoms with van der Waals surface area (Å²) in [5.41, 5.74) is -1.47. The van der Waals surface area contributed by atoms with Crippen LogP contribution in [0, 0.1) is 0 Å². The van der Waals surface area contributed by atoms with Gasteiger partial charge in [-0.2, -0.15) is 21.6 Å². The van der Waals surface area contributed by atoms with Crippen LogP contribution >= 0.6 is 24.4 Å². The molecule has 0 saturated heterocycles. The zero-order chi connectivity index (χ0) is 25.6. The summed E-state index contributed by atoms with van der Waals surface area (Å²) < 4.78 is 57.5. The lowest BCUT2D eigenvalue weighted by Gasteiger charge is -2.13. The van der Waals surface area contributed by atoms with Crippen LogP contribution in [0.25, 0.3) is 11.1 Å². The van der Waals surface area contributed by atoms with Crippen molar-refractivity contribution in [1.29, 1.82) is 0 Å². The molecule has 0 aliphatic carbocycles. The maximum atomic E-state index is 10.7. The van der Waals surface area contributed by atoms with Crippen molar-refractivity contribution in [3.8, 4) is 11.1 Å². The van der Waals surface area contributed by atoms with E-state index in [0.717, 1.165) is 11.3 Å². The highest BCUT2D eigenvalue weighted by Crippen LogP contribution is 2.33. The Bertz CT molecular complexity index is 944. The highest BCUT2D eigenvalue weighted by atomic mass is 32.2. The van der Waals surface area contributed by atoms with Gasteiger partial charge in [-0.1, -0.05) is 76.6 Å². The van der Waals surface area contributed by atoms with E-state index < -0.39 is 15.6 Å². The standard InChI is InChI=1S/C24H34S2.CHF3O3S/c1-3-5-7-9-12-20-13-11-14-23(25)24(20)21-15-17-22(18-16-21)26-19-10-8-6-4-2;2-1(3,4)8(5,6)7/h11,13-18,25H,3-10,12,19H2,1-2H3;(H,5,6,7). The van der Waals surface area contributed by atoms with Gasteiger partial charge in [0.25, 0.3) is 0 Å². The molecule has 0 bridgehead atoms. The summed E-state index contributed by atoms with van der Waals surface area (Å²) in [4.78, 5) is 2.48. The highest BCUT2D eigenvalue weighted by molar-refractivity contribution is 7.99. The van der Waals surface area contributed by atoms with Crippen molar-refractivity contribution in [3.63, 3.8) is 0 Å². The van der Waals surface area contributed by atoms with Gasteiger partial charge in [0.1, 0.15) is 0 Å². The van der Waals surface area contributed by atoms with Crippen molar-refractivity contribution in [2.75, 3.05) is 5.75 Å². The molecule has 192 valence electrons. The number of unbranched alkanes of at least 4 members (excludes halogenated alkanes) is 6. The molecule has 2 aromatic rings. The molecule has 0 atom stereocenters. The lowest BCUT2D eigenvalue weighted by molar-refractivity contribution is -0.0510. The van der Waals surface area contributed by atoms with E-state index in [4.69, 9.17) is 25.6 Å². The van der Waals surface area contributed by atoms with E-state index in [1.807, 2.05) is 11.8 Å². The number of hydrogen-bond acceptors (Lipinski definition) is 4. The third-order valence-electron chi connectivity index (χ3n) is 5.13. The summed E-state index contributed by atoms with van der Waals surface area (Å²) in [6.45, 7) is 4.53. The van der Waals surface area contributed by atoms with Gasteiger partial charge in [-0.25, -0.2) is 0 Å². The normalized spacial score (nSPS) is 11.7. The fraction of sp³-hybridized carbons (Fsp3) is 0.520. The molecular weight excluding hydrogens is 501 g/mol. The molecule has 3 nitrogen and oxygen atoms in total. The highest BCUT2D eigenvalue weighted by Gasteiger charge is 2.44. The van der Waals surface area contributed by atoms with Crippen LogP contribution in [0.5, 0.6) is 0 Å². The number of thiol groups is 1. The minimum Gasteiger partial charge on any atom is -0.279 e. The minimum absolute atomic E-state index is 1.10. The first-order valence-electron chi connectivity index (χ1n) is 11.6. The molecule has 2 aromatic carbocycles. The van der Waals surface area contributed by atoms with Crippen molar-refractivity contribution in [2.45, 2.75) is 86.9 Å². The number of thioether (sulfide) groups is 1. The summed E-state index contributed by atoms with van der Waals surface area (Å²) in [6, 6.07) is 15.6. The maximum absolute atomic E-state index is 10.7. The van der Waals surface area contributed by atoms with Gasteiger partial charge in [0, 0.05) is 9.79 Å². The number of hydrogen-bond donors (Lipinski definition) is 2. The van der Waals surface area contributed by atoms with Crippen LogP contribution in [-0.2, 0) is 16.5 Å². The first-order valence-corrected chi connectivity index (χ1v) is 14.5. The number of rotatable bonds is 12. The van der Waals surface area contributed by atoms with Gasteiger partial charge in [-0.15, -0.1) is 24.4 Å². The average molecular weight is 537 g/mol. The minimum atomic E-state index is -5.84. The van der Waals surface area contributed by atoms with Gasteiger partial charge in [0.2, 0.25) is 0 Å². The Morgan fingerprint density at radius 1 is 0.882 bits per heavy atom. The SMILES string of the molecule is CCCCCCSc1ccc(-c2c(S)cccc2CCCCCC)cc1.O=S(=O)(O)C(F)(F)F. The Balaban J connectivity index is 0.000000620. The topological polar surface area (TPSA) is 54.4 Å². The lowest BCUT2D eigenvalue weighted by atomic mass is 9.95. The molecule has 0 heterocycles. The van der Waals surface area contributed by atoms with Crippen LogP contribution in [0.2, 0.25) is 0 Å². The molecule has 9 heteroatoms. The average Bonchev–Trinajstić information content (AvgIpc) is 2.76. The van der Waals surface area contributed by atoms with Gasteiger partial charge in [-0.3, -0.25) is 4.55 Å². The van der Waals surface area contributed by atoms with Gasteiger partial charge in [0.05, 0.1) is 0 Å². The predicted molar refractivity (Wildman–Crippen MR) is 139 cm³/mol. The quantitative estimate of drug-likeness (QED) is 0.0935. The molecule has 0 fully saturated rings. The third-order valence-corrected chi connectivity index (χ3v) is 7.19. The first-order chi connectivity index (χ1) is 16.0. The molecule has 0 aliphatic heterocycles. The fourth-order valence-corrected chi connectivity index (χ4v) is 4.58. The summed E-state index contributed by atoms with van der Waals surface area (Å²) in [6.07, 6.45) is 11.7. The first kappa shape index (κ1) is 30.9. The van der Waals surface area contributed by atoms with Crippen molar-refractivity contribution in [1.82, 2.24) is 0 Å². The summed E-state index contributed by atoms with van der Waals surface area (Å²) >= 11 is 6.74. The Morgan fingerprint density at radius 3 is 1.97 bits per heavy atom. The van der Waals surface area contributed by atoms with Crippen molar-refractivity contribution < 1.29 is 26.1 Å². The van der Waals surface area contributed by atoms with Crippen LogP contribution in [0.3, 0.4) is 0 Å². The van der Waals surface area contributed by atoms with Gasteiger partial charge < -0.3 is 0 Å². The van der Waals surface area contributed by atoms with Crippen LogP contribution < -0.4 is 0 Å². The molecule has 0 radical (unpaired) electrons. The van der Waals surface area contributed by atoms with Crippen LogP contribution in [0.4, 0.5) is 13.2 Å².